The fraction of sp³-hybridized carbons (Fsp3) is 0.577. The number of nitrogens with zero attached hydrogens (tertiary/aromatic N) is 3. The number of likely N-dealkylation sites (N-methyl/N-ethyl adjacent to an activating group) is 2. The Morgan fingerprint density at radius 2 is 1.51 bits per heavy atom. The Bertz CT molecular complexity index is 1040. The molecule has 5 amide bonds. The highest BCUT2D eigenvalue weighted by Gasteiger charge is 2.54. The van der Waals surface area contributed by atoms with Gasteiger partial charge in [0, 0.05) is 31.8 Å². The SMILES string of the molecule is CC(C)C[C@H](N)C(=O)N(C)[C@@](S)(C(=O)N(C)C(=O)CCCCN1C(=O)c2ccccc2C1=O)C(C)(C)S. The molecule has 2 atom stereocenters. The van der Waals surface area contributed by atoms with Crippen molar-refractivity contribution in [3.05, 3.63) is 35.4 Å². The normalized spacial score (nSPS) is 15.9. The second-order valence-corrected chi connectivity index (χ2v) is 12.2. The van der Waals surface area contributed by atoms with Crippen LogP contribution in [-0.4, -0.2) is 80.5 Å². The fourth-order valence-corrected chi connectivity index (χ4v) is 4.83. The van der Waals surface area contributed by atoms with Crippen LogP contribution in [0.4, 0.5) is 0 Å². The molecule has 1 aliphatic rings. The van der Waals surface area contributed by atoms with E-state index in [9.17, 15) is 24.0 Å². The van der Waals surface area contributed by atoms with Gasteiger partial charge in [-0.2, -0.15) is 12.6 Å². The van der Waals surface area contributed by atoms with Crippen LogP contribution in [0.3, 0.4) is 0 Å². The number of unbranched alkanes of at least 4 members (excludes halogenated alkanes) is 1. The predicted octanol–water partition coefficient (Wildman–Crippen LogP) is 2.60. The van der Waals surface area contributed by atoms with Gasteiger partial charge in [0.2, 0.25) is 11.8 Å². The van der Waals surface area contributed by atoms with Gasteiger partial charge in [-0.1, -0.05) is 26.0 Å². The largest absolute Gasteiger partial charge is 0.320 e. The molecule has 1 aromatic carbocycles. The van der Waals surface area contributed by atoms with Crippen LogP contribution < -0.4 is 5.73 Å². The van der Waals surface area contributed by atoms with E-state index < -0.39 is 33.4 Å². The first-order chi connectivity index (χ1) is 17.1. The first-order valence-electron chi connectivity index (χ1n) is 12.3. The molecule has 0 saturated carbocycles. The molecule has 0 saturated heterocycles. The zero-order valence-electron chi connectivity index (χ0n) is 22.4. The van der Waals surface area contributed by atoms with Crippen molar-refractivity contribution >= 4 is 54.8 Å². The lowest BCUT2D eigenvalue weighted by Gasteiger charge is -2.47. The van der Waals surface area contributed by atoms with Gasteiger partial charge in [-0.05, 0) is 51.2 Å². The van der Waals surface area contributed by atoms with Crippen molar-refractivity contribution in [2.75, 3.05) is 20.6 Å². The lowest BCUT2D eigenvalue weighted by atomic mass is 9.96. The second-order valence-electron chi connectivity index (χ2n) is 10.4. The topological polar surface area (TPSA) is 121 Å². The number of nitrogens with two attached hydrogens (primary N) is 1. The van der Waals surface area contributed by atoms with Crippen LogP contribution >= 0.6 is 25.3 Å². The van der Waals surface area contributed by atoms with Crippen molar-refractivity contribution in [1.82, 2.24) is 14.7 Å². The maximum atomic E-state index is 13.5. The van der Waals surface area contributed by atoms with Gasteiger partial charge in [-0.3, -0.25) is 33.8 Å². The molecule has 0 bridgehead atoms. The van der Waals surface area contributed by atoms with Gasteiger partial charge in [0.25, 0.3) is 17.7 Å². The fourth-order valence-electron chi connectivity index (χ4n) is 4.34. The molecular weight excluding hydrogens is 512 g/mol. The minimum atomic E-state index is -1.76. The molecule has 9 nitrogen and oxygen atoms in total. The van der Waals surface area contributed by atoms with E-state index in [4.69, 9.17) is 5.73 Å². The van der Waals surface area contributed by atoms with Crippen LogP contribution in [0.25, 0.3) is 0 Å². The molecule has 0 fully saturated rings. The van der Waals surface area contributed by atoms with Crippen molar-refractivity contribution in [2.45, 2.75) is 69.0 Å². The molecule has 0 unspecified atom stereocenters. The van der Waals surface area contributed by atoms with Gasteiger partial charge in [-0.15, -0.1) is 12.6 Å². The van der Waals surface area contributed by atoms with E-state index >= 15 is 0 Å². The van der Waals surface area contributed by atoms with Gasteiger partial charge in [0.15, 0.2) is 4.87 Å². The van der Waals surface area contributed by atoms with Gasteiger partial charge in [0.05, 0.1) is 17.2 Å². The number of carbonyl (C=O) groups is 5. The molecule has 37 heavy (non-hydrogen) atoms. The van der Waals surface area contributed by atoms with Crippen LogP contribution in [0.15, 0.2) is 24.3 Å². The first kappa shape index (κ1) is 30.9. The highest BCUT2D eigenvalue weighted by atomic mass is 32.1. The van der Waals surface area contributed by atoms with E-state index in [0.29, 0.717) is 30.4 Å². The van der Waals surface area contributed by atoms with Crippen LogP contribution in [0.5, 0.6) is 0 Å². The van der Waals surface area contributed by atoms with Crippen molar-refractivity contribution in [1.29, 1.82) is 0 Å². The predicted molar refractivity (Wildman–Crippen MR) is 148 cm³/mol. The third-order valence-corrected chi connectivity index (χ3v) is 8.14. The summed E-state index contributed by atoms with van der Waals surface area (Å²) in [7, 11) is 2.78. The third kappa shape index (κ3) is 6.38. The summed E-state index contributed by atoms with van der Waals surface area (Å²) in [6.07, 6.45) is 1.18. The standard InChI is InChI=1S/C26H38N4O5S2/c1-16(2)15-19(27)23(34)29(6)26(37,25(3,4)36)24(35)28(5)20(31)13-9-10-14-30-21(32)17-11-7-8-12-18(17)22(30)33/h7-8,11-12,16,19,36-37H,9-10,13-15,27H2,1-6H3/t19-,26+/m0/s1. The summed E-state index contributed by atoms with van der Waals surface area (Å²) in [6.45, 7) is 7.33. The molecule has 11 heteroatoms. The summed E-state index contributed by atoms with van der Waals surface area (Å²) in [6, 6.07) is 5.81. The number of hydrogen-bond donors (Lipinski definition) is 3. The van der Waals surface area contributed by atoms with E-state index in [-0.39, 0.29) is 30.7 Å². The summed E-state index contributed by atoms with van der Waals surface area (Å²) in [5.74, 6) is -2.17. The molecule has 0 aliphatic carbocycles. The summed E-state index contributed by atoms with van der Waals surface area (Å²) < 4.78 is -1.13. The van der Waals surface area contributed by atoms with Crippen molar-refractivity contribution in [2.24, 2.45) is 11.7 Å². The number of thiol groups is 2. The molecule has 204 valence electrons. The molecule has 1 heterocycles. The average molecular weight is 551 g/mol. The smallest absolute Gasteiger partial charge is 0.266 e. The molecular formula is C26H38N4O5S2. The Balaban J connectivity index is 2.03. The van der Waals surface area contributed by atoms with Gasteiger partial charge < -0.3 is 10.6 Å². The van der Waals surface area contributed by atoms with Crippen molar-refractivity contribution in [3.63, 3.8) is 0 Å². The second kappa shape index (κ2) is 12.0. The number of benzene rings is 1. The van der Waals surface area contributed by atoms with E-state index in [1.807, 2.05) is 13.8 Å². The monoisotopic (exact) mass is 550 g/mol. The van der Waals surface area contributed by atoms with Gasteiger partial charge in [0.1, 0.15) is 0 Å². The first-order valence-corrected chi connectivity index (χ1v) is 13.2. The summed E-state index contributed by atoms with van der Waals surface area (Å²) in [5.41, 5.74) is 6.83. The Hall–Kier alpha value is -2.37. The van der Waals surface area contributed by atoms with Crippen LogP contribution in [-0.2, 0) is 14.4 Å². The maximum absolute atomic E-state index is 13.5. The summed E-state index contributed by atoms with van der Waals surface area (Å²) in [5, 5.41) is 0. The highest BCUT2D eigenvalue weighted by molar-refractivity contribution is 7.87. The average Bonchev–Trinajstić information content (AvgIpc) is 3.07. The maximum Gasteiger partial charge on any atom is 0.266 e. The van der Waals surface area contributed by atoms with Crippen LogP contribution in [0.2, 0.25) is 0 Å². The lowest BCUT2D eigenvalue weighted by Crippen LogP contribution is -2.67. The summed E-state index contributed by atoms with van der Waals surface area (Å²) in [4.78, 5) is 66.0. The minimum Gasteiger partial charge on any atom is -0.320 e. The lowest BCUT2D eigenvalue weighted by molar-refractivity contribution is -0.153. The molecule has 1 aliphatic heterocycles. The quantitative estimate of drug-likeness (QED) is 0.169. The van der Waals surface area contributed by atoms with Crippen molar-refractivity contribution in [3.8, 4) is 0 Å². The Kier molecular flexibility index (Phi) is 10.0. The van der Waals surface area contributed by atoms with Crippen LogP contribution in [0.1, 0.15) is 74.1 Å². The number of fused-ring (bicyclic) bond motifs is 1. The zero-order valence-corrected chi connectivity index (χ0v) is 24.1. The molecule has 1 aromatic rings. The van der Waals surface area contributed by atoms with Gasteiger partial charge in [-0.25, -0.2) is 0 Å². The van der Waals surface area contributed by atoms with E-state index in [1.54, 1.807) is 38.1 Å². The van der Waals surface area contributed by atoms with Gasteiger partial charge >= 0.3 is 0 Å². The number of imide groups is 2. The number of rotatable bonds is 11. The minimum absolute atomic E-state index is 0.00674. The number of amides is 5. The van der Waals surface area contributed by atoms with E-state index in [1.165, 1.54) is 23.9 Å². The van der Waals surface area contributed by atoms with Crippen molar-refractivity contribution < 1.29 is 24.0 Å². The highest BCUT2D eigenvalue weighted by Crippen LogP contribution is 2.39. The summed E-state index contributed by atoms with van der Waals surface area (Å²) >= 11 is 9.15. The number of carbonyl (C=O) groups excluding carboxylic acids is 5. The molecule has 0 spiro atoms. The molecule has 0 aromatic heterocycles. The zero-order chi connectivity index (χ0) is 28.3. The van der Waals surface area contributed by atoms with E-state index in [0.717, 1.165) is 4.90 Å². The molecule has 2 rings (SSSR count). The Labute approximate surface area is 229 Å². The number of hydrogen-bond acceptors (Lipinski definition) is 8. The Morgan fingerprint density at radius 3 is 1.97 bits per heavy atom. The van der Waals surface area contributed by atoms with E-state index in [2.05, 4.69) is 25.3 Å². The molecule has 0 radical (unpaired) electrons. The third-order valence-electron chi connectivity index (χ3n) is 6.59. The van der Waals surface area contributed by atoms with Crippen LogP contribution in [0, 0.1) is 5.92 Å². The molecule has 2 N–H and O–H groups in total. The Morgan fingerprint density at radius 1 is 1.00 bits per heavy atom.